The van der Waals surface area contributed by atoms with Gasteiger partial charge in [0.25, 0.3) is 5.91 Å². The van der Waals surface area contributed by atoms with Crippen LogP contribution in [0.4, 0.5) is 5.69 Å². The maximum absolute atomic E-state index is 12.2. The van der Waals surface area contributed by atoms with Crippen LogP contribution in [0, 0.1) is 0 Å². The standard InChI is InChI=1S/C13H13ClN2OS/c1-16(8-12-3-2-4-18-12)13(17)9-5-10(14)7-11(15)6-9/h2-7H,8,15H2,1H3. The minimum atomic E-state index is -0.0856. The fourth-order valence-electron chi connectivity index (χ4n) is 1.66. The van der Waals surface area contributed by atoms with Gasteiger partial charge in [0.15, 0.2) is 0 Å². The second-order valence-electron chi connectivity index (χ2n) is 4.01. The Hall–Kier alpha value is -1.52. The number of anilines is 1. The number of carbonyl (C=O) groups is 1. The molecule has 0 unspecified atom stereocenters. The van der Waals surface area contributed by atoms with Gasteiger partial charge in [0.2, 0.25) is 0 Å². The molecule has 0 saturated carbocycles. The highest BCUT2D eigenvalue weighted by atomic mass is 35.5. The summed E-state index contributed by atoms with van der Waals surface area (Å²) in [5.74, 6) is -0.0856. The van der Waals surface area contributed by atoms with Gasteiger partial charge in [0.05, 0.1) is 6.54 Å². The van der Waals surface area contributed by atoms with Crippen LogP contribution >= 0.6 is 22.9 Å². The van der Waals surface area contributed by atoms with Gasteiger partial charge < -0.3 is 10.6 Å². The molecule has 0 spiro atoms. The quantitative estimate of drug-likeness (QED) is 0.877. The molecule has 3 nitrogen and oxygen atoms in total. The van der Waals surface area contributed by atoms with Gasteiger partial charge in [-0.1, -0.05) is 17.7 Å². The third-order valence-electron chi connectivity index (χ3n) is 2.49. The zero-order chi connectivity index (χ0) is 13.1. The average Bonchev–Trinajstić information content (AvgIpc) is 2.79. The highest BCUT2D eigenvalue weighted by Gasteiger charge is 2.13. The number of thiophene rings is 1. The smallest absolute Gasteiger partial charge is 0.254 e. The van der Waals surface area contributed by atoms with E-state index in [1.165, 1.54) is 0 Å². The first-order chi connectivity index (χ1) is 8.56. The third kappa shape index (κ3) is 3.03. The number of amides is 1. The first kappa shape index (κ1) is 12.9. The van der Waals surface area contributed by atoms with Crippen molar-refractivity contribution < 1.29 is 4.79 Å². The second-order valence-corrected chi connectivity index (χ2v) is 5.48. The van der Waals surface area contributed by atoms with Crippen molar-refractivity contribution in [2.45, 2.75) is 6.54 Å². The Morgan fingerprint density at radius 2 is 2.22 bits per heavy atom. The fourth-order valence-corrected chi connectivity index (χ4v) is 2.67. The maximum Gasteiger partial charge on any atom is 0.254 e. The zero-order valence-corrected chi connectivity index (χ0v) is 11.5. The number of hydrogen-bond acceptors (Lipinski definition) is 3. The topological polar surface area (TPSA) is 46.3 Å². The van der Waals surface area contributed by atoms with E-state index >= 15 is 0 Å². The summed E-state index contributed by atoms with van der Waals surface area (Å²) >= 11 is 7.52. The van der Waals surface area contributed by atoms with Crippen molar-refractivity contribution in [3.8, 4) is 0 Å². The lowest BCUT2D eigenvalue weighted by Gasteiger charge is -2.16. The van der Waals surface area contributed by atoms with Crippen LogP contribution in [0.15, 0.2) is 35.7 Å². The predicted octanol–water partition coefficient (Wildman–Crippen LogP) is 3.26. The first-order valence-corrected chi connectivity index (χ1v) is 6.66. The van der Waals surface area contributed by atoms with Crippen molar-refractivity contribution in [3.63, 3.8) is 0 Å². The molecule has 0 atom stereocenters. The monoisotopic (exact) mass is 280 g/mol. The number of rotatable bonds is 3. The van der Waals surface area contributed by atoms with Crippen LogP contribution in [-0.4, -0.2) is 17.9 Å². The molecule has 0 aliphatic rings. The molecule has 0 radical (unpaired) electrons. The normalized spacial score (nSPS) is 10.3. The van der Waals surface area contributed by atoms with Crippen molar-refractivity contribution in [1.29, 1.82) is 0 Å². The molecular formula is C13H13ClN2OS. The summed E-state index contributed by atoms with van der Waals surface area (Å²) in [6.07, 6.45) is 0. The van der Waals surface area contributed by atoms with Gasteiger partial charge in [-0.05, 0) is 29.6 Å². The van der Waals surface area contributed by atoms with E-state index in [4.69, 9.17) is 17.3 Å². The lowest BCUT2D eigenvalue weighted by molar-refractivity contribution is 0.0786. The van der Waals surface area contributed by atoms with E-state index in [-0.39, 0.29) is 5.91 Å². The number of nitrogens with zero attached hydrogens (tertiary/aromatic N) is 1. The number of nitrogen functional groups attached to an aromatic ring is 1. The lowest BCUT2D eigenvalue weighted by Crippen LogP contribution is -2.25. The molecule has 1 amide bonds. The van der Waals surface area contributed by atoms with Crippen LogP contribution in [-0.2, 0) is 6.54 Å². The van der Waals surface area contributed by atoms with Crippen LogP contribution in [0.3, 0.4) is 0 Å². The molecular weight excluding hydrogens is 268 g/mol. The fraction of sp³-hybridized carbons (Fsp3) is 0.154. The van der Waals surface area contributed by atoms with E-state index in [1.54, 1.807) is 41.5 Å². The van der Waals surface area contributed by atoms with Gasteiger partial charge in [-0.3, -0.25) is 4.79 Å². The summed E-state index contributed by atoms with van der Waals surface area (Å²) in [6, 6.07) is 8.86. The van der Waals surface area contributed by atoms with E-state index in [2.05, 4.69) is 0 Å². The molecule has 1 aromatic carbocycles. The number of hydrogen-bond donors (Lipinski definition) is 1. The molecule has 0 bridgehead atoms. The molecule has 0 aliphatic heterocycles. The summed E-state index contributed by atoms with van der Waals surface area (Å²) in [4.78, 5) is 15.0. The largest absolute Gasteiger partial charge is 0.399 e. The highest BCUT2D eigenvalue weighted by molar-refractivity contribution is 7.09. The van der Waals surface area contributed by atoms with Gasteiger partial charge >= 0.3 is 0 Å². The van der Waals surface area contributed by atoms with Crippen molar-refractivity contribution in [2.24, 2.45) is 0 Å². The van der Waals surface area contributed by atoms with Crippen LogP contribution in [0.25, 0.3) is 0 Å². The summed E-state index contributed by atoms with van der Waals surface area (Å²) in [5, 5.41) is 2.47. The van der Waals surface area contributed by atoms with E-state index in [1.807, 2.05) is 17.5 Å². The summed E-state index contributed by atoms with van der Waals surface area (Å²) in [6.45, 7) is 0.586. The Balaban J connectivity index is 2.15. The minimum absolute atomic E-state index is 0.0856. The second kappa shape index (κ2) is 5.42. The SMILES string of the molecule is CN(Cc1cccs1)C(=O)c1cc(N)cc(Cl)c1. The third-order valence-corrected chi connectivity index (χ3v) is 3.57. The summed E-state index contributed by atoms with van der Waals surface area (Å²) < 4.78 is 0. The number of nitrogens with two attached hydrogens (primary N) is 1. The Labute approximate surface area is 115 Å². The highest BCUT2D eigenvalue weighted by Crippen LogP contribution is 2.19. The van der Waals surface area contributed by atoms with Gasteiger partial charge in [0, 0.05) is 28.2 Å². The molecule has 1 aromatic heterocycles. The molecule has 2 N–H and O–H groups in total. The van der Waals surface area contributed by atoms with E-state index in [0.717, 1.165) is 4.88 Å². The Morgan fingerprint density at radius 3 is 2.83 bits per heavy atom. The van der Waals surface area contributed by atoms with Gasteiger partial charge in [-0.15, -0.1) is 11.3 Å². The Morgan fingerprint density at radius 1 is 1.44 bits per heavy atom. The van der Waals surface area contributed by atoms with E-state index in [9.17, 15) is 4.79 Å². The van der Waals surface area contributed by atoms with Crippen LogP contribution in [0.2, 0.25) is 5.02 Å². The molecule has 5 heteroatoms. The summed E-state index contributed by atoms with van der Waals surface area (Å²) in [7, 11) is 1.76. The van der Waals surface area contributed by atoms with E-state index in [0.29, 0.717) is 22.8 Å². The molecule has 94 valence electrons. The van der Waals surface area contributed by atoms with E-state index < -0.39 is 0 Å². The molecule has 2 rings (SSSR count). The predicted molar refractivity (Wildman–Crippen MR) is 76.0 cm³/mol. The van der Waals surface area contributed by atoms with Crippen LogP contribution < -0.4 is 5.73 Å². The maximum atomic E-state index is 12.2. The lowest BCUT2D eigenvalue weighted by atomic mass is 10.2. The minimum Gasteiger partial charge on any atom is -0.399 e. The zero-order valence-electron chi connectivity index (χ0n) is 9.89. The van der Waals surface area contributed by atoms with Crippen LogP contribution in [0.5, 0.6) is 0 Å². The molecule has 0 aliphatic carbocycles. The molecule has 2 aromatic rings. The number of benzene rings is 1. The Kier molecular flexibility index (Phi) is 3.89. The van der Waals surface area contributed by atoms with Crippen molar-refractivity contribution in [2.75, 3.05) is 12.8 Å². The van der Waals surface area contributed by atoms with Crippen LogP contribution in [0.1, 0.15) is 15.2 Å². The van der Waals surface area contributed by atoms with Gasteiger partial charge in [0.1, 0.15) is 0 Å². The van der Waals surface area contributed by atoms with Gasteiger partial charge in [-0.25, -0.2) is 0 Å². The molecule has 1 heterocycles. The van der Waals surface area contributed by atoms with Crippen molar-refractivity contribution in [3.05, 3.63) is 51.2 Å². The molecule has 18 heavy (non-hydrogen) atoms. The molecule has 0 fully saturated rings. The average molecular weight is 281 g/mol. The number of carbonyl (C=O) groups excluding carboxylic acids is 1. The summed E-state index contributed by atoms with van der Waals surface area (Å²) in [5.41, 5.74) is 6.69. The number of halogens is 1. The first-order valence-electron chi connectivity index (χ1n) is 5.40. The van der Waals surface area contributed by atoms with Crippen molar-refractivity contribution in [1.82, 2.24) is 4.90 Å². The van der Waals surface area contributed by atoms with Crippen molar-refractivity contribution >= 4 is 34.5 Å². The Bertz CT molecular complexity index is 534. The van der Waals surface area contributed by atoms with Gasteiger partial charge in [-0.2, -0.15) is 0 Å². The molecule has 0 saturated heterocycles.